The van der Waals surface area contributed by atoms with Crippen molar-refractivity contribution in [1.29, 1.82) is 0 Å². The summed E-state index contributed by atoms with van der Waals surface area (Å²) >= 11 is 0. The number of aryl methyl sites for hydroxylation is 4. The number of rotatable bonds is 3. The summed E-state index contributed by atoms with van der Waals surface area (Å²) in [6.45, 7) is 18.0. The standard InChI is InChI=1S/C18H26N4O2.C13H18N4.C2H6.HO4P.H2/c1-12-10-13(2)22-15(11-12)19-16(20-22)14-8-6-7-9-21(14)17(23)24-18(3,4)5;1-9-7-10(2)17-12(8-9)15-13(16-17)11-5-3-4-6-14-11;1-2;1-4-5(2)3;/h10-11,14H,6-9H2,1-5H3;7-8,11,14H,3-6H2,1-2H3;1-2H3;1H;1H/t14-;11-;;;/m00.../s1/i;;1D;;. The fourth-order valence-corrected chi connectivity index (χ4v) is 5.76. The molecule has 1 amide bonds. The van der Waals surface area contributed by atoms with Crippen LogP contribution in [0.4, 0.5) is 4.79 Å². The molecule has 2 fully saturated rings. The molecule has 15 heteroatoms. The van der Waals surface area contributed by atoms with Gasteiger partial charge in [-0.15, -0.1) is 10.2 Å². The largest absolute Gasteiger partial charge is 0.565 e. The van der Waals surface area contributed by atoms with Crippen LogP contribution in [-0.4, -0.2) is 64.1 Å². The molecule has 2 saturated heterocycles. The highest BCUT2D eigenvalue weighted by atomic mass is 31.1. The van der Waals surface area contributed by atoms with Gasteiger partial charge in [0.25, 0.3) is 0 Å². The Morgan fingerprint density at radius 1 is 0.979 bits per heavy atom. The van der Waals surface area contributed by atoms with Crippen LogP contribution in [-0.2, 0) is 14.0 Å². The van der Waals surface area contributed by atoms with E-state index in [1.807, 2.05) is 42.8 Å². The van der Waals surface area contributed by atoms with E-state index < -0.39 is 13.9 Å². The van der Waals surface area contributed by atoms with Crippen LogP contribution in [0, 0.1) is 27.7 Å². The summed E-state index contributed by atoms with van der Waals surface area (Å²) in [6.07, 6.45) is 6.33. The third-order valence-electron chi connectivity index (χ3n) is 7.67. The molecule has 2 aliphatic rings. The monoisotopic (exact) mass is 689 g/mol. The number of piperidine rings is 2. The quantitative estimate of drug-likeness (QED) is 0.133. The normalized spacial score (nSPS) is 18.4. The lowest BCUT2D eigenvalue weighted by molar-refractivity contribution is -0.244. The van der Waals surface area contributed by atoms with Gasteiger partial charge in [-0.1, -0.05) is 20.2 Å². The summed E-state index contributed by atoms with van der Waals surface area (Å²) in [7, 11) is -3.04. The van der Waals surface area contributed by atoms with Crippen molar-refractivity contribution in [3.63, 3.8) is 0 Å². The zero-order valence-electron chi connectivity index (χ0n) is 30.4. The molecule has 1 unspecified atom stereocenters. The summed E-state index contributed by atoms with van der Waals surface area (Å²) in [5, 5.41) is 19.8. The molecule has 2 N–H and O–H groups in total. The average molecular weight is 690 g/mol. The predicted molar refractivity (Wildman–Crippen MR) is 184 cm³/mol. The topological polar surface area (TPSA) is 172 Å². The lowest BCUT2D eigenvalue weighted by atomic mass is 10.0. The van der Waals surface area contributed by atoms with Crippen LogP contribution in [0.15, 0.2) is 24.3 Å². The molecule has 0 radical (unpaired) electrons. The highest BCUT2D eigenvalue weighted by molar-refractivity contribution is 7.30. The number of nitrogens with zero attached hydrogens (tertiary/aromatic N) is 7. The van der Waals surface area contributed by atoms with Crippen molar-refractivity contribution in [2.24, 2.45) is 0 Å². The SMILES string of the molecule is Cc1cc(C)n2nc([C@@H]3CCCCN3)nc2c1.Cc1cc(C)n2nc([C@@H]3CCCCN3C(=O)OC(C)(C)C)nc2c1.O=[P+]([O-])OO.[2H]CC.[HH]. The minimum absolute atomic E-state index is 0. The van der Waals surface area contributed by atoms with Crippen molar-refractivity contribution >= 4 is 25.6 Å². The Labute approximate surface area is 286 Å². The highest BCUT2D eigenvalue weighted by Crippen LogP contribution is 2.31. The van der Waals surface area contributed by atoms with E-state index in [2.05, 4.69) is 69.1 Å². The number of aromatic nitrogens is 6. The van der Waals surface area contributed by atoms with Crippen molar-refractivity contribution in [2.75, 3.05) is 13.1 Å². The molecule has 48 heavy (non-hydrogen) atoms. The van der Waals surface area contributed by atoms with Crippen LogP contribution in [0.25, 0.3) is 11.3 Å². The summed E-state index contributed by atoms with van der Waals surface area (Å²) in [5.41, 5.74) is 5.89. The van der Waals surface area contributed by atoms with E-state index in [-0.39, 0.29) is 13.6 Å². The van der Waals surface area contributed by atoms with Crippen molar-refractivity contribution in [3.05, 3.63) is 58.4 Å². The lowest BCUT2D eigenvalue weighted by Crippen LogP contribution is -2.42. The van der Waals surface area contributed by atoms with Gasteiger partial charge < -0.3 is 14.9 Å². The van der Waals surface area contributed by atoms with Crippen LogP contribution in [0.3, 0.4) is 0 Å². The summed E-state index contributed by atoms with van der Waals surface area (Å²) < 4.78 is 27.2. The van der Waals surface area contributed by atoms with E-state index >= 15 is 0 Å². The Hall–Kier alpha value is -3.55. The van der Waals surface area contributed by atoms with E-state index in [4.69, 9.17) is 20.8 Å². The van der Waals surface area contributed by atoms with Gasteiger partial charge in [-0.2, -0.15) is 0 Å². The van der Waals surface area contributed by atoms with Crippen LogP contribution in [0.2, 0.25) is 0 Å². The van der Waals surface area contributed by atoms with Crippen LogP contribution < -0.4 is 10.2 Å². The molecule has 266 valence electrons. The Morgan fingerprint density at radius 2 is 1.50 bits per heavy atom. The van der Waals surface area contributed by atoms with Gasteiger partial charge in [0.1, 0.15) is 5.60 Å². The number of amides is 1. The van der Waals surface area contributed by atoms with E-state index in [9.17, 15) is 4.79 Å². The van der Waals surface area contributed by atoms with Gasteiger partial charge in [0.2, 0.25) is 0 Å². The molecule has 0 spiro atoms. The molecule has 0 bridgehead atoms. The molecule has 0 saturated carbocycles. The number of carbonyl (C=O) groups is 1. The summed E-state index contributed by atoms with van der Waals surface area (Å²) in [4.78, 5) is 32.6. The number of hydrogen-bond acceptors (Lipinski definition) is 11. The minimum Gasteiger partial charge on any atom is -0.565 e. The first-order valence-corrected chi connectivity index (χ1v) is 17.4. The van der Waals surface area contributed by atoms with Gasteiger partial charge in [0.15, 0.2) is 22.9 Å². The molecule has 6 heterocycles. The second kappa shape index (κ2) is 17.7. The number of likely N-dealkylation sites (tertiary alicyclic amines) is 1. The van der Waals surface area contributed by atoms with Crippen molar-refractivity contribution < 1.29 is 31.7 Å². The number of hydrogen-bond donors (Lipinski definition) is 2. The van der Waals surface area contributed by atoms with Gasteiger partial charge in [0.05, 0.1) is 12.1 Å². The zero-order chi connectivity index (χ0) is 36.3. The van der Waals surface area contributed by atoms with Gasteiger partial charge in [-0.05, 0) is 127 Å². The second-order valence-corrected chi connectivity index (χ2v) is 13.4. The fraction of sp³-hybridized carbons (Fsp3) is 0.606. The smallest absolute Gasteiger partial charge is 0.521 e. The maximum absolute atomic E-state index is 12.6. The third-order valence-corrected chi connectivity index (χ3v) is 7.80. The average Bonchev–Trinajstić information content (AvgIpc) is 3.67. The van der Waals surface area contributed by atoms with Gasteiger partial charge >= 0.3 is 14.3 Å². The van der Waals surface area contributed by atoms with E-state index in [1.165, 1.54) is 18.4 Å². The molecular weight excluding hydrogens is 635 g/mol. The van der Waals surface area contributed by atoms with Crippen LogP contribution in [0.1, 0.15) is 122 Å². The number of pyridine rings is 2. The lowest BCUT2D eigenvalue weighted by Gasteiger charge is -2.35. The summed E-state index contributed by atoms with van der Waals surface area (Å²) in [6, 6.07) is 8.55. The third kappa shape index (κ3) is 10.7. The molecule has 0 aliphatic carbocycles. The molecule has 4 aromatic rings. The van der Waals surface area contributed by atoms with E-state index in [1.54, 1.807) is 11.8 Å². The zero-order valence-corrected chi connectivity index (χ0v) is 30.3. The van der Waals surface area contributed by atoms with Crippen molar-refractivity contribution in [2.45, 2.75) is 118 Å². The number of ether oxygens (including phenoxy) is 1. The first-order valence-electron chi connectivity index (χ1n) is 17.0. The van der Waals surface area contributed by atoms with E-state index in [0.717, 1.165) is 66.3 Å². The Bertz CT molecular complexity index is 1690. The predicted octanol–water partition coefficient (Wildman–Crippen LogP) is 6.73. The van der Waals surface area contributed by atoms with Gasteiger partial charge in [-0.25, -0.2) is 29.1 Å². The molecule has 4 aromatic heterocycles. The maximum atomic E-state index is 12.6. The van der Waals surface area contributed by atoms with Crippen molar-refractivity contribution in [3.8, 4) is 0 Å². The van der Waals surface area contributed by atoms with Gasteiger partial charge in [-0.3, -0.25) is 4.90 Å². The summed E-state index contributed by atoms with van der Waals surface area (Å²) in [5.74, 6) is 1.65. The number of carbonyl (C=O) groups excluding carboxylic acids is 1. The Balaban J connectivity index is 0.000000290. The number of nitrogens with one attached hydrogen (secondary N) is 1. The van der Waals surface area contributed by atoms with Crippen LogP contribution in [0.5, 0.6) is 0 Å². The highest BCUT2D eigenvalue weighted by Gasteiger charge is 2.34. The maximum Gasteiger partial charge on any atom is 0.521 e. The molecule has 3 atom stereocenters. The molecule has 0 aromatic carbocycles. The van der Waals surface area contributed by atoms with Crippen LogP contribution >= 0.6 is 8.25 Å². The second-order valence-electron chi connectivity index (χ2n) is 12.8. The number of fused-ring (bicyclic) bond motifs is 2. The molecular formula is C33H53N8O6P. The molecule has 2 aliphatic heterocycles. The molecule has 6 rings (SSSR count). The molecule has 14 nitrogen and oxygen atoms in total. The van der Waals surface area contributed by atoms with Crippen molar-refractivity contribution in [1.82, 2.24) is 39.4 Å². The van der Waals surface area contributed by atoms with E-state index in [0.29, 0.717) is 25.3 Å². The Kier molecular flexibility index (Phi) is 13.8. The minimum atomic E-state index is -3.04. The first kappa shape index (κ1) is 37.3. The Morgan fingerprint density at radius 3 is 2.00 bits per heavy atom. The first-order chi connectivity index (χ1) is 23.2. The van der Waals surface area contributed by atoms with Gasteiger partial charge in [0, 0.05) is 25.4 Å². The fourth-order valence-electron chi connectivity index (χ4n) is 5.76.